The van der Waals surface area contributed by atoms with Gasteiger partial charge in [0.15, 0.2) is 9.84 Å². The first kappa shape index (κ1) is 47.6. The van der Waals surface area contributed by atoms with E-state index in [4.69, 9.17) is 0 Å². The third kappa shape index (κ3) is 45.6. The maximum Gasteiger partial charge on any atom is 0.314 e. The van der Waals surface area contributed by atoms with Crippen molar-refractivity contribution in [3.05, 3.63) is 12.2 Å². The summed E-state index contributed by atoms with van der Waals surface area (Å²) in [7, 11) is -2.86. The highest BCUT2D eigenvalue weighted by molar-refractivity contribution is 7.92. The van der Waals surface area contributed by atoms with Crippen LogP contribution in [0.4, 0.5) is 4.79 Å². The molecule has 0 heterocycles. The molecule has 0 aromatic carbocycles. The van der Waals surface area contributed by atoms with Gasteiger partial charge in [-0.15, -0.1) is 0 Å². The molecule has 0 saturated carbocycles. The van der Waals surface area contributed by atoms with Gasteiger partial charge in [0.05, 0.1) is 11.0 Å². The van der Waals surface area contributed by atoms with Crippen LogP contribution in [0.25, 0.3) is 0 Å². The van der Waals surface area contributed by atoms with Gasteiger partial charge in [0, 0.05) is 25.4 Å². The van der Waals surface area contributed by atoms with E-state index in [1.807, 2.05) is 34.6 Å². The van der Waals surface area contributed by atoms with E-state index in [9.17, 15) is 18.0 Å². The molecule has 0 rings (SSSR count). The molecule has 2 N–H and O–H groups in total. The van der Waals surface area contributed by atoms with Crippen LogP contribution in [0.3, 0.4) is 0 Å². The average molecular weight is 619 g/mol. The number of carbonyl (C=O) groups is 2. The van der Waals surface area contributed by atoms with E-state index >= 15 is 0 Å². The second-order valence-corrected chi connectivity index (χ2v) is 19.2. The van der Waals surface area contributed by atoms with Gasteiger partial charge in [-0.25, -0.2) is 13.2 Å². The number of Topliss-reactive ketones (excluding diaryl/α,β-unsaturated/α-hetero) is 1. The van der Waals surface area contributed by atoms with E-state index in [0.29, 0.717) is 35.4 Å². The Kier molecular flexibility index (Phi) is 25.1. The molecular weight excluding hydrogens is 544 g/mol. The SMILES string of the molecule is CC(C)/C=C/C(C)(C)C.CC(C)CC(=O)CC(C)(C)C.CC(C)CNC(=O)NC(C)C.CC(C)S(=O)(=O)CC(C)(C)C. The fraction of sp³-hybridized carbons (Fsp3) is 0.886. The monoisotopic (exact) mass is 619 g/mol. The lowest BCUT2D eigenvalue weighted by Crippen LogP contribution is -2.40. The summed E-state index contributed by atoms with van der Waals surface area (Å²) in [5.74, 6) is 2.37. The summed E-state index contributed by atoms with van der Waals surface area (Å²) in [5, 5.41) is 5.26. The van der Waals surface area contributed by atoms with Gasteiger partial charge in [-0.05, 0) is 61.7 Å². The number of ketones is 1. The van der Waals surface area contributed by atoms with Crippen LogP contribution in [0, 0.1) is 34.0 Å². The first-order valence-corrected chi connectivity index (χ1v) is 17.6. The average Bonchev–Trinajstić information content (AvgIpc) is 2.67. The van der Waals surface area contributed by atoms with Crippen LogP contribution in [0.15, 0.2) is 12.2 Å². The van der Waals surface area contributed by atoms with E-state index in [2.05, 4.69) is 106 Å². The van der Waals surface area contributed by atoms with Gasteiger partial charge in [0.1, 0.15) is 5.78 Å². The lowest BCUT2D eigenvalue weighted by Gasteiger charge is -2.19. The second-order valence-electron chi connectivity index (χ2n) is 16.7. The van der Waals surface area contributed by atoms with E-state index < -0.39 is 9.84 Å². The van der Waals surface area contributed by atoms with Crippen molar-refractivity contribution in [3.8, 4) is 0 Å². The van der Waals surface area contributed by atoms with Crippen LogP contribution in [0.5, 0.6) is 0 Å². The predicted molar refractivity (Wildman–Crippen MR) is 187 cm³/mol. The zero-order chi connectivity index (χ0) is 34.7. The van der Waals surface area contributed by atoms with Crippen LogP contribution in [0.1, 0.15) is 144 Å². The molecule has 0 aromatic rings. The molecule has 254 valence electrons. The Morgan fingerprint density at radius 1 is 0.714 bits per heavy atom. The van der Waals surface area contributed by atoms with Gasteiger partial charge in [-0.2, -0.15) is 0 Å². The molecule has 0 spiro atoms. The van der Waals surface area contributed by atoms with Gasteiger partial charge in [-0.3, -0.25) is 4.79 Å². The summed E-state index contributed by atoms with van der Waals surface area (Å²) < 4.78 is 22.7. The first-order chi connectivity index (χ1) is 18.4. The number of carbonyl (C=O) groups excluding carboxylic acids is 2. The summed E-state index contributed by atoms with van der Waals surface area (Å²) in [5.41, 5.74) is 0.388. The Hall–Kier alpha value is -1.37. The van der Waals surface area contributed by atoms with Crippen molar-refractivity contribution >= 4 is 21.7 Å². The molecule has 0 aromatic heterocycles. The molecule has 0 atom stereocenters. The molecule has 0 fully saturated rings. The Morgan fingerprint density at radius 3 is 1.38 bits per heavy atom. The highest BCUT2D eigenvalue weighted by atomic mass is 32.2. The highest BCUT2D eigenvalue weighted by Gasteiger charge is 2.24. The fourth-order valence-corrected chi connectivity index (χ4v) is 4.52. The molecule has 0 radical (unpaired) electrons. The van der Waals surface area contributed by atoms with E-state index in [0.717, 1.165) is 13.0 Å². The van der Waals surface area contributed by atoms with E-state index in [-0.39, 0.29) is 33.9 Å². The van der Waals surface area contributed by atoms with Crippen molar-refractivity contribution in [3.63, 3.8) is 0 Å². The van der Waals surface area contributed by atoms with Crippen LogP contribution in [-0.4, -0.2) is 43.8 Å². The number of rotatable bonds is 9. The maximum atomic E-state index is 11.3. The third-order valence-corrected chi connectivity index (χ3v) is 7.49. The van der Waals surface area contributed by atoms with E-state index in [1.165, 1.54) is 0 Å². The number of allylic oxidation sites excluding steroid dienone is 2. The number of amides is 2. The summed E-state index contributed by atoms with van der Waals surface area (Å²) in [6.45, 7) is 39.5. The Morgan fingerprint density at radius 2 is 1.17 bits per heavy atom. The standard InChI is InChI=1S/C10H20O.C9H18.C8H18N2O.C8H18O2S/c1-8(2)6-9(11)7-10(3,4)5;1-8(2)6-7-9(3,4)5;1-6(2)5-9-8(11)10-7(3)4;1-7(2)11(9,10)6-8(3,4)5/h8H,6-7H2,1-5H3;6-8H,1-5H3;6-7H,5H2,1-4H3,(H2,9,10,11);7H,6H2,1-5H3/b;7-6+;;. The lowest BCUT2D eigenvalue weighted by molar-refractivity contribution is -0.121. The molecule has 0 aliphatic carbocycles. The Bertz CT molecular complexity index is 834. The minimum absolute atomic E-state index is 0.0753. The number of urea groups is 1. The second kappa shape index (κ2) is 22.2. The quantitative estimate of drug-likeness (QED) is 0.252. The molecule has 2 amide bonds. The minimum atomic E-state index is -2.86. The topological polar surface area (TPSA) is 92.3 Å². The van der Waals surface area contributed by atoms with Crippen molar-refractivity contribution in [2.45, 2.75) is 156 Å². The maximum absolute atomic E-state index is 11.3. The molecule has 0 bridgehead atoms. The number of sulfone groups is 1. The smallest absolute Gasteiger partial charge is 0.314 e. The molecule has 7 heteroatoms. The predicted octanol–water partition coefficient (Wildman–Crippen LogP) is 9.49. The Labute approximate surface area is 264 Å². The van der Waals surface area contributed by atoms with Crippen LogP contribution in [-0.2, 0) is 14.6 Å². The van der Waals surface area contributed by atoms with Crippen molar-refractivity contribution in [1.82, 2.24) is 10.6 Å². The number of hydrogen-bond donors (Lipinski definition) is 2. The molecule has 6 nitrogen and oxygen atoms in total. The Balaban J connectivity index is -0.000000230. The molecule has 0 aliphatic heterocycles. The van der Waals surface area contributed by atoms with Gasteiger partial charge in [0.2, 0.25) is 0 Å². The summed E-state index contributed by atoms with van der Waals surface area (Å²) in [4.78, 5) is 22.2. The van der Waals surface area contributed by atoms with Gasteiger partial charge in [-0.1, -0.05) is 116 Å². The number of hydrogen-bond acceptors (Lipinski definition) is 4. The largest absolute Gasteiger partial charge is 0.338 e. The molecular formula is C35H74N2O4S. The lowest BCUT2D eigenvalue weighted by atomic mass is 9.87. The van der Waals surface area contributed by atoms with Crippen molar-refractivity contribution in [2.24, 2.45) is 34.0 Å². The fourth-order valence-electron chi connectivity index (χ4n) is 2.98. The van der Waals surface area contributed by atoms with Gasteiger partial charge in [0.25, 0.3) is 0 Å². The molecule has 0 saturated heterocycles. The normalized spacial score (nSPS) is 12.5. The van der Waals surface area contributed by atoms with Crippen molar-refractivity contribution < 1.29 is 18.0 Å². The van der Waals surface area contributed by atoms with Crippen LogP contribution in [0.2, 0.25) is 0 Å². The summed E-state index contributed by atoms with van der Waals surface area (Å²) >= 11 is 0. The number of nitrogens with one attached hydrogen (secondary N) is 2. The molecule has 0 unspecified atom stereocenters. The van der Waals surface area contributed by atoms with Gasteiger partial charge >= 0.3 is 6.03 Å². The van der Waals surface area contributed by atoms with Crippen LogP contribution < -0.4 is 10.6 Å². The molecule has 0 aliphatic rings. The zero-order valence-corrected chi connectivity index (χ0v) is 32.2. The molecule has 42 heavy (non-hydrogen) atoms. The first-order valence-electron chi connectivity index (χ1n) is 15.9. The highest BCUT2D eigenvalue weighted by Crippen LogP contribution is 2.21. The zero-order valence-electron chi connectivity index (χ0n) is 31.4. The third-order valence-electron chi connectivity index (χ3n) is 4.79. The van der Waals surface area contributed by atoms with Crippen LogP contribution >= 0.6 is 0 Å². The van der Waals surface area contributed by atoms with Crippen molar-refractivity contribution in [1.29, 1.82) is 0 Å². The van der Waals surface area contributed by atoms with Crippen molar-refractivity contribution in [2.75, 3.05) is 12.3 Å². The minimum Gasteiger partial charge on any atom is -0.338 e. The summed E-state index contributed by atoms with van der Waals surface area (Å²) in [6, 6.07) is 0.135. The van der Waals surface area contributed by atoms with E-state index in [1.54, 1.807) is 13.8 Å². The summed E-state index contributed by atoms with van der Waals surface area (Å²) in [6.07, 6.45) is 5.96. The van der Waals surface area contributed by atoms with Gasteiger partial charge < -0.3 is 10.6 Å².